The molecule has 12 aromatic rings. The maximum Gasteiger partial charge on any atom is 0.216 e. The molecule has 0 N–H and O–H groups in total. The van der Waals surface area contributed by atoms with Gasteiger partial charge in [-0.05, 0) is 203 Å². The molecule has 496 valence electrons. The van der Waals surface area contributed by atoms with Crippen molar-refractivity contribution in [3.8, 4) is 45.0 Å². The van der Waals surface area contributed by atoms with Crippen LogP contribution in [0.3, 0.4) is 0 Å². The second-order valence-corrected chi connectivity index (χ2v) is 29.9. The van der Waals surface area contributed by atoms with Crippen LogP contribution in [0.5, 0.6) is 0 Å². The van der Waals surface area contributed by atoms with E-state index in [1.54, 1.807) is 0 Å². The Morgan fingerprint density at radius 3 is 1.06 bits per heavy atom. The summed E-state index contributed by atoms with van der Waals surface area (Å²) in [5.41, 5.74) is 32.3. The third kappa shape index (κ3) is 15.6. The molecule has 0 spiro atoms. The van der Waals surface area contributed by atoms with E-state index < -0.39 is 0 Å². The molecule has 0 aliphatic rings. The lowest BCUT2D eigenvalue weighted by Gasteiger charge is -2.16. The highest BCUT2D eigenvalue weighted by atomic mass is 15.0. The second-order valence-electron chi connectivity index (χ2n) is 29.9. The predicted molar refractivity (Wildman–Crippen MR) is 414 cm³/mol. The van der Waals surface area contributed by atoms with Crippen molar-refractivity contribution in [2.75, 3.05) is 0 Å². The molecule has 4 aromatic heterocycles. The summed E-state index contributed by atoms with van der Waals surface area (Å²) in [6, 6.07) is 72.4. The first-order valence-corrected chi connectivity index (χ1v) is 35.7. The van der Waals surface area contributed by atoms with E-state index in [1.807, 2.05) is 0 Å². The molecule has 0 radical (unpaired) electrons. The van der Waals surface area contributed by atoms with Crippen LogP contribution in [-0.4, -0.2) is 0 Å². The van der Waals surface area contributed by atoms with Gasteiger partial charge in [0.15, 0.2) is 0 Å². The van der Waals surface area contributed by atoms with Gasteiger partial charge >= 0.3 is 0 Å². The smallest absolute Gasteiger partial charge is 0.194 e. The number of hydrogen-bond acceptors (Lipinski definition) is 0. The molecular weight excluding hydrogens is 1160 g/mol. The van der Waals surface area contributed by atoms with Crippen LogP contribution < -0.4 is 18.3 Å². The van der Waals surface area contributed by atoms with Crippen molar-refractivity contribution >= 4 is 43.6 Å². The van der Waals surface area contributed by atoms with Crippen LogP contribution >= 0.6 is 0 Å². The lowest BCUT2D eigenvalue weighted by atomic mass is 9.90. The third-order valence-electron chi connectivity index (χ3n) is 20.2. The van der Waals surface area contributed by atoms with Crippen LogP contribution in [0.15, 0.2) is 194 Å². The quantitative estimate of drug-likeness (QED) is 0.108. The topological polar surface area (TPSA) is 15.5 Å². The molecule has 4 heteroatoms. The lowest BCUT2D eigenvalue weighted by molar-refractivity contribution is -0.634. The first-order valence-electron chi connectivity index (χ1n) is 35.7. The fourth-order valence-corrected chi connectivity index (χ4v) is 13.6. The van der Waals surface area contributed by atoms with Crippen LogP contribution in [0.2, 0.25) is 0 Å². The maximum atomic E-state index is 2.39. The summed E-state index contributed by atoms with van der Waals surface area (Å²) >= 11 is 0. The average Bonchev–Trinajstić information content (AvgIpc) is 0.807. The number of rotatable bonds is 12. The van der Waals surface area contributed by atoms with Crippen LogP contribution in [0, 0.1) is 27.7 Å². The van der Waals surface area contributed by atoms with Gasteiger partial charge in [-0.2, -0.15) is 18.3 Å². The molecule has 0 saturated carbocycles. The van der Waals surface area contributed by atoms with Crippen molar-refractivity contribution in [2.24, 2.45) is 28.2 Å². The normalized spacial score (nSPS) is 11.7. The van der Waals surface area contributed by atoms with Gasteiger partial charge in [0.25, 0.3) is 0 Å². The molecule has 0 bridgehead atoms. The van der Waals surface area contributed by atoms with Crippen molar-refractivity contribution in [3.05, 3.63) is 261 Å². The summed E-state index contributed by atoms with van der Waals surface area (Å²) in [4.78, 5) is 0. The number of aromatic nitrogens is 4. The van der Waals surface area contributed by atoms with Gasteiger partial charge in [-0.3, -0.25) is 0 Å². The molecule has 0 amide bonds. The molecule has 96 heavy (non-hydrogen) atoms. The highest BCUT2D eigenvalue weighted by molar-refractivity contribution is 5.84. The zero-order valence-electron chi connectivity index (χ0n) is 62.9. The van der Waals surface area contributed by atoms with E-state index in [1.165, 1.54) is 155 Å². The van der Waals surface area contributed by atoms with Crippen molar-refractivity contribution in [1.29, 1.82) is 0 Å². The summed E-state index contributed by atoms with van der Waals surface area (Å²) in [5, 5.41) is 5.27. The maximum absolute atomic E-state index is 2.39. The first-order chi connectivity index (χ1) is 45.6. The molecule has 4 nitrogen and oxygen atoms in total. The summed E-state index contributed by atoms with van der Waals surface area (Å²) in [6.07, 6.45) is 0. The number of nitrogens with zero attached hydrogens (tertiary/aromatic N) is 4. The van der Waals surface area contributed by atoms with E-state index in [9.17, 15) is 0 Å². The molecule has 0 fully saturated rings. The van der Waals surface area contributed by atoms with Gasteiger partial charge in [-0.1, -0.05) is 196 Å². The van der Waals surface area contributed by atoms with E-state index in [0.717, 1.165) is 0 Å². The van der Waals surface area contributed by atoms with Crippen molar-refractivity contribution < 1.29 is 18.3 Å². The number of aryl methyl sites for hydroxylation is 8. The van der Waals surface area contributed by atoms with E-state index in [0.29, 0.717) is 47.3 Å². The van der Waals surface area contributed by atoms with Crippen LogP contribution in [0.1, 0.15) is 225 Å². The largest absolute Gasteiger partial charge is 0.216 e. The molecule has 0 atom stereocenters. The summed E-state index contributed by atoms with van der Waals surface area (Å²) in [7, 11) is 8.74. The summed E-state index contributed by atoms with van der Waals surface area (Å²) < 4.78 is 9.38. The molecule has 0 unspecified atom stereocenters. The number of pyridine rings is 4. The van der Waals surface area contributed by atoms with Crippen LogP contribution in [0.25, 0.3) is 88.6 Å². The SMILES string of the molecule is Cc1ccc(C(C)C)cc1-c1c(C(C)C)cc2ccccc2[n+]1C.Cc1ccc(C(C)C)cc1-c1cc(C(C)C)c2ccccc2[n+]1C.Cc1ccc(C(C)C)cc1-c1ccc2cc(C(C)C)ccc2[n+]1C.Cc1ccc(C(C)C)cc1-c1ccc2ccc(C(C)C)cc2[n+]1C. The minimum absolute atomic E-state index is 0.484. The first kappa shape index (κ1) is 71.7. The van der Waals surface area contributed by atoms with Crippen LogP contribution in [-0.2, 0) is 28.2 Å². The van der Waals surface area contributed by atoms with Gasteiger partial charge in [0.05, 0.1) is 0 Å². The van der Waals surface area contributed by atoms with E-state index in [4.69, 9.17) is 0 Å². The standard InChI is InChI=1S/4C23H28N/c1-15(2)18-9-11-22-20(13-18)10-12-23(24(22)6)21-14-19(16(3)4)8-7-17(21)5;1-15(2)19-8-7-17(5)21(13-19)22-12-11-18-9-10-20(16(3)4)14-23(18)24(22)6;1-15(2)18-12-11-17(5)21(13-18)23-14-20(16(3)4)19-9-7-8-10-22(19)24(23)6;1-15(2)18-12-11-17(5)21(13-18)23-20(16(3)4)14-19-9-7-8-10-22(19)24(23)6/h4*7-16H,1-6H3/q4*+1. The van der Waals surface area contributed by atoms with E-state index in [-0.39, 0.29) is 0 Å². The fourth-order valence-electron chi connectivity index (χ4n) is 13.6. The molecule has 4 heterocycles. The number of para-hydroxylation sites is 2. The number of fused-ring (bicyclic) bond motifs is 4. The van der Waals surface area contributed by atoms with E-state index >= 15 is 0 Å². The molecule has 0 saturated heterocycles. The number of benzene rings is 8. The number of hydrogen-bond donors (Lipinski definition) is 0. The monoisotopic (exact) mass is 1270 g/mol. The van der Waals surface area contributed by atoms with Gasteiger partial charge in [0.2, 0.25) is 44.8 Å². The highest BCUT2D eigenvalue weighted by Gasteiger charge is 2.26. The van der Waals surface area contributed by atoms with Gasteiger partial charge in [-0.25, -0.2) is 0 Å². The van der Waals surface area contributed by atoms with Gasteiger partial charge in [-0.15, -0.1) is 0 Å². The molecule has 0 aliphatic carbocycles. The Bertz CT molecular complexity index is 4750. The summed E-state index contributed by atoms with van der Waals surface area (Å²) in [5.74, 6) is 4.26. The Labute approximate surface area is 578 Å². The average molecular weight is 1270 g/mol. The van der Waals surface area contributed by atoms with Crippen molar-refractivity contribution in [2.45, 2.75) is 186 Å². The van der Waals surface area contributed by atoms with Crippen LogP contribution in [0.4, 0.5) is 0 Å². The second kappa shape index (κ2) is 30.6. The Morgan fingerprint density at radius 1 is 0.229 bits per heavy atom. The molecular formula is C92H112N4+4. The zero-order chi connectivity index (χ0) is 69.7. The Hall–Kier alpha value is -8.60. The Morgan fingerprint density at radius 2 is 0.573 bits per heavy atom. The molecule has 12 rings (SSSR count). The fraction of sp³-hybridized carbons (Fsp3) is 0.348. The minimum atomic E-state index is 0.484. The van der Waals surface area contributed by atoms with Gasteiger partial charge in [0, 0.05) is 91.8 Å². The molecule has 0 aliphatic heterocycles. The minimum Gasteiger partial charge on any atom is -0.194 e. The van der Waals surface area contributed by atoms with E-state index in [2.05, 4.69) is 379 Å². The van der Waals surface area contributed by atoms with Crippen molar-refractivity contribution in [1.82, 2.24) is 0 Å². The zero-order valence-corrected chi connectivity index (χ0v) is 62.9. The summed E-state index contributed by atoms with van der Waals surface area (Å²) in [6.45, 7) is 45.0. The predicted octanol–water partition coefficient (Wildman–Crippen LogP) is 23.5. The lowest BCUT2D eigenvalue weighted by Crippen LogP contribution is -2.34. The third-order valence-corrected chi connectivity index (χ3v) is 20.2. The highest BCUT2D eigenvalue weighted by Crippen LogP contribution is 2.36. The van der Waals surface area contributed by atoms with Gasteiger partial charge < -0.3 is 0 Å². The Balaban J connectivity index is 0.000000150. The van der Waals surface area contributed by atoms with Gasteiger partial charge in [0.1, 0.15) is 28.2 Å². The Kier molecular flexibility index (Phi) is 22.9. The van der Waals surface area contributed by atoms with Crippen molar-refractivity contribution in [3.63, 3.8) is 0 Å². The molecule has 8 aromatic carbocycles.